The quantitative estimate of drug-likeness (QED) is 0.858. The second kappa shape index (κ2) is 4.87. The van der Waals surface area contributed by atoms with E-state index in [-0.39, 0.29) is 5.56 Å². The molecule has 0 radical (unpaired) electrons. The van der Waals surface area contributed by atoms with Crippen LogP contribution in [0, 0.1) is 6.92 Å². The highest BCUT2D eigenvalue weighted by Crippen LogP contribution is 2.36. The maximum Gasteiger partial charge on any atom is 0.433 e. The van der Waals surface area contributed by atoms with Gasteiger partial charge in [0.25, 0.3) is 6.43 Å². The van der Waals surface area contributed by atoms with Crippen molar-refractivity contribution in [3.05, 3.63) is 28.6 Å². The first-order valence-electron chi connectivity index (χ1n) is 4.70. The van der Waals surface area contributed by atoms with E-state index in [4.69, 9.17) is 5.11 Å². The van der Waals surface area contributed by atoms with Crippen LogP contribution in [0.25, 0.3) is 0 Å². The number of alkyl halides is 5. The van der Waals surface area contributed by atoms with Gasteiger partial charge in [-0.05, 0) is 18.6 Å². The van der Waals surface area contributed by atoms with Crippen LogP contribution < -0.4 is 0 Å². The lowest BCUT2D eigenvalue weighted by molar-refractivity contribution is -0.144. The van der Waals surface area contributed by atoms with E-state index in [9.17, 15) is 26.7 Å². The third-order valence-corrected chi connectivity index (χ3v) is 2.14. The number of rotatable bonds is 3. The fourth-order valence-electron chi connectivity index (χ4n) is 1.49. The van der Waals surface area contributed by atoms with E-state index in [1.807, 2.05) is 0 Å². The largest absolute Gasteiger partial charge is 0.481 e. The molecule has 1 rings (SSSR count). The van der Waals surface area contributed by atoms with E-state index in [0.29, 0.717) is 0 Å². The molecule has 100 valence electrons. The molecular formula is C10H8F5NO2. The first-order chi connectivity index (χ1) is 8.12. The zero-order valence-electron chi connectivity index (χ0n) is 9.05. The average Bonchev–Trinajstić information content (AvgIpc) is 2.12. The molecule has 0 saturated carbocycles. The van der Waals surface area contributed by atoms with Crippen LogP contribution in [0.15, 0.2) is 6.07 Å². The Morgan fingerprint density at radius 3 is 2.39 bits per heavy atom. The van der Waals surface area contributed by atoms with E-state index in [1.165, 1.54) is 0 Å². The summed E-state index contributed by atoms with van der Waals surface area (Å²) in [6, 6.07) is 0.921. The van der Waals surface area contributed by atoms with Gasteiger partial charge >= 0.3 is 12.1 Å². The maximum absolute atomic E-state index is 12.6. The van der Waals surface area contributed by atoms with Crippen LogP contribution in [0.2, 0.25) is 0 Å². The summed E-state index contributed by atoms with van der Waals surface area (Å²) in [7, 11) is 0. The average molecular weight is 269 g/mol. The molecule has 8 heteroatoms. The van der Waals surface area contributed by atoms with Crippen LogP contribution in [-0.2, 0) is 17.4 Å². The predicted molar refractivity (Wildman–Crippen MR) is 50.3 cm³/mol. The Kier molecular flexibility index (Phi) is 3.88. The van der Waals surface area contributed by atoms with Crippen LogP contribution in [0.1, 0.15) is 28.9 Å². The summed E-state index contributed by atoms with van der Waals surface area (Å²) >= 11 is 0. The summed E-state index contributed by atoms with van der Waals surface area (Å²) in [5.74, 6) is -1.39. The molecule has 1 aromatic rings. The molecule has 0 aliphatic carbocycles. The number of carbonyl (C=O) groups is 1. The summed E-state index contributed by atoms with van der Waals surface area (Å²) in [4.78, 5) is 13.4. The summed E-state index contributed by atoms with van der Waals surface area (Å²) in [6.07, 6.45) is -9.13. The van der Waals surface area contributed by atoms with Gasteiger partial charge in [-0.3, -0.25) is 4.79 Å². The number of halogens is 5. The van der Waals surface area contributed by atoms with Gasteiger partial charge in [0, 0.05) is 0 Å². The summed E-state index contributed by atoms with van der Waals surface area (Å²) in [5.41, 5.74) is -3.68. The molecule has 3 nitrogen and oxygen atoms in total. The van der Waals surface area contributed by atoms with Crippen LogP contribution in [-0.4, -0.2) is 16.1 Å². The lowest BCUT2D eigenvalue weighted by atomic mass is 10.0. The molecule has 0 atom stereocenters. The van der Waals surface area contributed by atoms with Gasteiger partial charge in [0.15, 0.2) is 5.69 Å². The number of hydrogen-bond acceptors (Lipinski definition) is 2. The lowest BCUT2D eigenvalue weighted by Gasteiger charge is -2.15. The van der Waals surface area contributed by atoms with Crippen LogP contribution >= 0.6 is 0 Å². The van der Waals surface area contributed by atoms with E-state index in [2.05, 4.69) is 4.98 Å². The van der Waals surface area contributed by atoms with Crippen LogP contribution in [0.3, 0.4) is 0 Å². The van der Waals surface area contributed by atoms with E-state index < -0.39 is 41.9 Å². The zero-order chi connectivity index (χ0) is 14.1. The summed E-state index contributed by atoms with van der Waals surface area (Å²) < 4.78 is 62.8. The Morgan fingerprint density at radius 2 is 2.00 bits per heavy atom. The fourth-order valence-corrected chi connectivity index (χ4v) is 1.49. The van der Waals surface area contributed by atoms with Crippen molar-refractivity contribution in [2.24, 2.45) is 0 Å². The number of aromatic nitrogens is 1. The van der Waals surface area contributed by atoms with Gasteiger partial charge in [-0.25, -0.2) is 13.8 Å². The molecule has 18 heavy (non-hydrogen) atoms. The van der Waals surface area contributed by atoms with Crippen molar-refractivity contribution in [1.29, 1.82) is 0 Å². The molecule has 0 aliphatic heterocycles. The van der Waals surface area contributed by atoms with Gasteiger partial charge in [0.2, 0.25) is 0 Å². The van der Waals surface area contributed by atoms with Gasteiger partial charge in [-0.1, -0.05) is 0 Å². The smallest absolute Gasteiger partial charge is 0.433 e. The Labute approximate surface area is 98.3 Å². The minimum Gasteiger partial charge on any atom is -0.481 e. The SMILES string of the molecule is Cc1cc(CC(=O)O)nc(C(F)(F)F)c1C(F)F. The molecule has 1 heterocycles. The second-order valence-electron chi connectivity index (χ2n) is 3.56. The topological polar surface area (TPSA) is 50.2 Å². The van der Waals surface area contributed by atoms with Gasteiger partial charge in [-0.2, -0.15) is 13.2 Å². The first kappa shape index (κ1) is 14.3. The van der Waals surface area contributed by atoms with Crippen molar-refractivity contribution in [2.75, 3.05) is 0 Å². The van der Waals surface area contributed by atoms with Crippen LogP contribution in [0.4, 0.5) is 22.0 Å². The number of carboxylic acids is 1. The van der Waals surface area contributed by atoms with Gasteiger partial charge in [0.1, 0.15) is 0 Å². The number of aryl methyl sites for hydroxylation is 1. The summed E-state index contributed by atoms with van der Waals surface area (Å²) in [5, 5.41) is 8.46. The lowest BCUT2D eigenvalue weighted by Crippen LogP contribution is -2.16. The molecule has 1 N–H and O–H groups in total. The molecule has 0 spiro atoms. The Morgan fingerprint density at radius 1 is 1.44 bits per heavy atom. The Bertz CT molecular complexity index is 470. The third kappa shape index (κ3) is 3.14. The normalized spacial score (nSPS) is 11.9. The van der Waals surface area contributed by atoms with Gasteiger partial charge in [-0.15, -0.1) is 0 Å². The molecule has 0 bridgehead atoms. The van der Waals surface area contributed by atoms with Crippen molar-refractivity contribution < 1.29 is 31.9 Å². The van der Waals surface area contributed by atoms with Crippen molar-refractivity contribution in [3.63, 3.8) is 0 Å². The highest BCUT2D eigenvalue weighted by atomic mass is 19.4. The van der Waals surface area contributed by atoms with Gasteiger partial charge < -0.3 is 5.11 Å². The standard InChI is InChI=1S/C10H8F5NO2/c1-4-2-5(3-6(17)18)16-8(10(13,14)15)7(4)9(11)12/h2,9H,3H2,1H3,(H,17,18). The van der Waals surface area contributed by atoms with Crippen LogP contribution in [0.5, 0.6) is 0 Å². The minimum absolute atomic E-state index is 0.330. The molecule has 0 amide bonds. The minimum atomic E-state index is -5.05. The number of aliphatic carboxylic acids is 1. The predicted octanol–water partition coefficient (Wildman–Crippen LogP) is 2.97. The summed E-state index contributed by atoms with van der Waals surface area (Å²) in [6.45, 7) is 1.06. The molecule has 0 fully saturated rings. The van der Waals surface area contributed by atoms with E-state index >= 15 is 0 Å². The van der Waals surface area contributed by atoms with Gasteiger partial charge in [0.05, 0.1) is 17.7 Å². The number of nitrogens with zero attached hydrogens (tertiary/aromatic N) is 1. The Balaban J connectivity index is 3.42. The van der Waals surface area contributed by atoms with E-state index in [1.54, 1.807) is 0 Å². The Hall–Kier alpha value is -1.73. The molecule has 0 aromatic carbocycles. The monoisotopic (exact) mass is 269 g/mol. The van der Waals surface area contributed by atoms with Crippen molar-refractivity contribution in [2.45, 2.75) is 25.9 Å². The molecular weight excluding hydrogens is 261 g/mol. The second-order valence-corrected chi connectivity index (χ2v) is 3.56. The fraction of sp³-hybridized carbons (Fsp3) is 0.400. The molecule has 0 unspecified atom stereocenters. The van der Waals surface area contributed by atoms with Crippen molar-refractivity contribution >= 4 is 5.97 Å². The van der Waals surface area contributed by atoms with E-state index in [0.717, 1.165) is 13.0 Å². The zero-order valence-corrected chi connectivity index (χ0v) is 9.05. The highest BCUT2D eigenvalue weighted by molar-refractivity contribution is 5.69. The highest BCUT2D eigenvalue weighted by Gasteiger charge is 2.39. The number of hydrogen-bond donors (Lipinski definition) is 1. The molecule has 0 saturated heterocycles. The molecule has 0 aliphatic rings. The number of pyridine rings is 1. The first-order valence-corrected chi connectivity index (χ1v) is 4.70. The number of carboxylic acid groups (broad SMARTS) is 1. The maximum atomic E-state index is 12.6. The van der Waals surface area contributed by atoms with Crippen molar-refractivity contribution in [3.8, 4) is 0 Å². The van der Waals surface area contributed by atoms with Crippen molar-refractivity contribution in [1.82, 2.24) is 4.98 Å². The third-order valence-electron chi connectivity index (χ3n) is 2.14. The molecule has 1 aromatic heterocycles.